The van der Waals surface area contributed by atoms with Crippen LogP contribution in [0.4, 0.5) is 0 Å². The van der Waals surface area contributed by atoms with Gasteiger partial charge in [-0.3, -0.25) is 4.79 Å². The second-order valence-electron chi connectivity index (χ2n) is 8.54. The van der Waals surface area contributed by atoms with E-state index in [-0.39, 0.29) is 5.91 Å². The molecule has 4 nitrogen and oxygen atoms in total. The molecule has 158 valence electrons. The molecule has 30 heavy (non-hydrogen) atoms. The summed E-state index contributed by atoms with van der Waals surface area (Å²) in [4.78, 5) is 14.8. The Labute approximate surface area is 179 Å². The number of aryl methyl sites for hydroxylation is 2. The highest BCUT2D eigenvalue weighted by molar-refractivity contribution is 5.85. The van der Waals surface area contributed by atoms with Crippen LogP contribution in [0.5, 0.6) is 0 Å². The predicted molar refractivity (Wildman–Crippen MR) is 124 cm³/mol. The number of carbonyl (C=O) groups excluding carboxylic acids is 1. The van der Waals surface area contributed by atoms with Crippen LogP contribution in [0.3, 0.4) is 0 Å². The Morgan fingerprint density at radius 3 is 2.60 bits per heavy atom. The van der Waals surface area contributed by atoms with Crippen molar-refractivity contribution >= 4 is 16.8 Å². The SMILES string of the molecule is Cc1ccc(Cn2cc(CCC(=O)NCCCN3CCCC3)c3ccccc32)cc1. The minimum absolute atomic E-state index is 0.159. The molecule has 1 aliphatic rings. The van der Waals surface area contributed by atoms with Gasteiger partial charge in [0.1, 0.15) is 0 Å². The average molecular weight is 404 g/mol. The maximum Gasteiger partial charge on any atom is 0.220 e. The first-order valence-electron chi connectivity index (χ1n) is 11.3. The van der Waals surface area contributed by atoms with Crippen molar-refractivity contribution < 1.29 is 4.79 Å². The van der Waals surface area contributed by atoms with Crippen LogP contribution in [-0.2, 0) is 17.8 Å². The van der Waals surface area contributed by atoms with Crippen molar-refractivity contribution in [2.45, 2.75) is 45.6 Å². The molecule has 4 rings (SSSR count). The van der Waals surface area contributed by atoms with Crippen molar-refractivity contribution in [1.82, 2.24) is 14.8 Å². The molecule has 0 aliphatic carbocycles. The van der Waals surface area contributed by atoms with Crippen LogP contribution in [0.25, 0.3) is 10.9 Å². The normalized spacial score (nSPS) is 14.4. The molecule has 1 aromatic heterocycles. The van der Waals surface area contributed by atoms with Crippen molar-refractivity contribution in [1.29, 1.82) is 0 Å². The Balaban J connectivity index is 1.33. The summed E-state index contributed by atoms with van der Waals surface area (Å²) in [7, 11) is 0. The van der Waals surface area contributed by atoms with E-state index < -0.39 is 0 Å². The molecule has 2 heterocycles. The lowest BCUT2D eigenvalue weighted by atomic mass is 10.1. The van der Waals surface area contributed by atoms with E-state index in [2.05, 4.69) is 76.4 Å². The van der Waals surface area contributed by atoms with Crippen LogP contribution in [-0.4, -0.2) is 41.6 Å². The van der Waals surface area contributed by atoms with E-state index in [1.54, 1.807) is 0 Å². The van der Waals surface area contributed by atoms with E-state index in [0.717, 1.165) is 32.5 Å². The number of para-hydroxylation sites is 1. The maximum absolute atomic E-state index is 12.3. The van der Waals surface area contributed by atoms with E-state index in [4.69, 9.17) is 0 Å². The third-order valence-corrected chi connectivity index (χ3v) is 6.14. The molecule has 2 aromatic carbocycles. The number of nitrogens with one attached hydrogen (secondary N) is 1. The maximum atomic E-state index is 12.3. The number of likely N-dealkylation sites (tertiary alicyclic amines) is 1. The van der Waals surface area contributed by atoms with Crippen molar-refractivity contribution in [3.63, 3.8) is 0 Å². The number of carbonyl (C=O) groups is 1. The molecular formula is C26H33N3O. The summed E-state index contributed by atoms with van der Waals surface area (Å²) in [5, 5.41) is 4.36. The Kier molecular flexibility index (Phi) is 6.85. The summed E-state index contributed by atoms with van der Waals surface area (Å²) in [6, 6.07) is 17.2. The van der Waals surface area contributed by atoms with Gasteiger partial charge in [0.15, 0.2) is 0 Å². The third-order valence-electron chi connectivity index (χ3n) is 6.14. The lowest BCUT2D eigenvalue weighted by Crippen LogP contribution is -2.28. The van der Waals surface area contributed by atoms with E-state index in [9.17, 15) is 4.79 Å². The fourth-order valence-corrected chi connectivity index (χ4v) is 4.42. The highest BCUT2D eigenvalue weighted by atomic mass is 16.1. The molecule has 1 N–H and O–H groups in total. The second kappa shape index (κ2) is 9.94. The number of hydrogen-bond acceptors (Lipinski definition) is 2. The molecule has 0 bridgehead atoms. The first kappa shape index (κ1) is 20.7. The fraction of sp³-hybridized carbons (Fsp3) is 0.423. The first-order valence-corrected chi connectivity index (χ1v) is 11.3. The van der Waals surface area contributed by atoms with Gasteiger partial charge < -0.3 is 14.8 Å². The number of rotatable bonds is 9. The largest absolute Gasteiger partial charge is 0.356 e. The molecular weight excluding hydrogens is 370 g/mol. The van der Waals surface area contributed by atoms with E-state index in [0.29, 0.717) is 6.42 Å². The summed E-state index contributed by atoms with van der Waals surface area (Å²) in [6.45, 7) is 7.30. The van der Waals surface area contributed by atoms with Crippen LogP contribution >= 0.6 is 0 Å². The monoisotopic (exact) mass is 403 g/mol. The van der Waals surface area contributed by atoms with Gasteiger partial charge in [-0.2, -0.15) is 0 Å². The van der Waals surface area contributed by atoms with Crippen LogP contribution in [0.1, 0.15) is 42.4 Å². The van der Waals surface area contributed by atoms with Crippen LogP contribution in [0.2, 0.25) is 0 Å². The Morgan fingerprint density at radius 2 is 1.80 bits per heavy atom. The summed E-state index contributed by atoms with van der Waals surface area (Å²) in [5.74, 6) is 0.159. The van der Waals surface area contributed by atoms with Gasteiger partial charge >= 0.3 is 0 Å². The number of fused-ring (bicyclic) bond motifs is 1. The number of hydrogen-bond donors (Lipinski definition) is 1. The van der Waals surface area contributed by atoms with Crippen molar-refractivity contribution in [2.24, 2.45) is 0 Å². The summed E-state index contributed by atoms with van der Waals surface area (Å²) in [6.07, 6.45) is 7.24. The summed E-state index contributed by atoms with van der Waals surface area (Å²) in [5.41, 5.74) is 5.07. The molecule has 1 amide bonds. The van der Waals surface area contributed by atoms with Gasteiger partial charge in [0.25, 0.3) is 0 Å². The Bertz CT molecular complexity index is 968. The van der Waals surface area contributed by atoms with Crippen molar-refractivity contribution in [2.75, 3.05) is 26.2 Å². The number of nitrogens with zero attached hydrogens (tertiary/aromatic N) is 2. The third kappa shape index (κ3) is 5.31. The molecule has 1 aliphatic heterocycles. The Hall–Kier alpha value is -2.59. The minimum atomic E-state index is 0.159. The number of benzene rings is 2. The Morgan fingerprint density at radius 1 is 1.03 bits per heavy atom. The van der Waals surface area contributed by atoms with Gasteiger partial charge in [-0.15, -0.1) is 0 Å². The second-order valence-corrected chi connectivity index (χ2v) is 8.54. The molecule has 0 saturated carbocycles. The molecule has 0 spiro atoms. The number of amides is 1. The minimum Gasteiger partial charge on any atom is -0.356 e. The zero-order valence-corrected chi connectivity index (χ0v) is 18.1. The van der Waals surface area contributed by atoms with Crippen LogP contribution in [0, 0.1) is 6.92 Å². The lowest BCUT2D eigenvalue weighted by Gasteiger charge is -2.14. The lowest BCUT2D eigenvalue weighted by molar-refractivity contribution is -0.121. The van der Waals surface area contributed by atoms with E-state index in [1.165, 1.54) is 53.5 Å². The first-order chi connectivity index (χ1) is 14.7. The van der Waals surface area contributed by atoms with Crippen molar-refractivity contribution in [3.05, 3.63) is 71.4 Å². The molecule has 0 atom stereocenters. The highest BCUT2D eigenvalue weighted by Crippen LogP contribution is 2.23. The quantitative estimate of drug-likeness (QED) is 0.533. The van der Waals surface area contributed by atoms with E-state index in [1.807, 2.05) is 0 Å². The highest BCUT2D eigenvalue weighted by Gasteiger charge is 2.12. The molecule has 1 saturated heterocycles. The van der Waals surface area contributed by atoms with Crippen LogP contribution < -0.4 is 5.32 Å². The van der Waals surface area contributed by atoms with E-state index >= 15 is 0 Å². The molecule has 0 radical (unpaired) electrons. The van der Waals surface area contributed by atoms with Gasteiger partial charge in [-0.1, -0.05) is 48.0 Å². The topological polar surface area (TPSA) is 37.3 Å². The standard InChI is InChI=1S/C26H33N3O/c1-21-9-11-22(12-10-21)19-29-20-23(24-7-2-3-8-25(24)29)13-14-26(30)27-15-6-18-28-16-4-5-17-28/h2-3,7-12,20H,4-6,13-19H2,1H3,(H,27,30). The zero-order chi connectivity index (χ0) is 20.8. The molecule has 4 heteroatoms. The molecule has 3 aromatic rings. The van der Waals surface area contributed by atoms with Crippen molar-refractivity contribution in [3.8, 4) is 0 Å². The summed E-state index contributed by atoms with van der Waals surface area (Å²) >= 11 is 0. The smallest absolute Gasteiger partial charge is 0.220 e. The van der Waals surface area contributed by atoms with Crippen LogP contribution in [0.15, 0.2) is 54.7 Å². The summed E-state index contributed by atoms with van der Waals surface area (Å²) < 4.78 is 2.31. The zero-order valence-electron chi connectivity index (χ0n) is 18.1. The van der Waals surface area contributed by atoms with Gasteiger partial charge in [0, 0.05) is 36.6 Å². The fourth-order valence-electron chi connectivity index (χ4n) is 4.42. The van der Waals surface area contributed by atoms with Gasteiger partial charge in [0.05, 0.1) is 0 Å². The van der Waals surface area contributed by atoms with Gasteiger partial charge in [0.2, 0.25) is 5.91 Å². The number of aromatic nitrogens is 1. The molecule has 0 unspecified atom stereocenters. The average Bonchev–Trinajstić information content (AvgIpc) is 3.40. The van der Waals surface area contributed by atoms with Gasteiger partial charge in [-0.05, 0) is 69.4 Å². The molecule has 1 fully saturated rings. The predicted octanol–water partition coefficient (Wildman–Crippen LogP) is 4.53. The van der Waals surface area contributed by atoms with Gasteiger partial charge in [-0.25, -0.2) is 0 Å².